The zero-order chi connectivity index (χ0) is 14.5. The highest BCUT2D eigenvalue weighted by molar-refractivity contribution is 9.10. The number of hydrogen-bond acceptors (Lipinski definition) is 2. The molecule has 0 aliphatic carbocycles. The van der Waals surface area contributed by atoms with E-state index in [1.54, 1.807) is 0 Å². The molecule has 0 aromatic heterocycles. The van der Waals surface area contributed by atoms with E-state index in [4.69, 9.17) is 5.73 Å². The van der Waals surface area contributed by atoms with Gasteiger partial charge in [-0.05, 0) is 64.7 Å². The lowest BCUT2D eigenvalue weighted by Gasteiger charge is -2.08. The van der Waals surface area contributed by atoms with E-state index >= 15 is 0 Å². The summed E-state index contributed by atoms with van der Waals surface area (Å²) in [7, 11) is 0. The topological polar surface area (TPSA) is 55.1 Å². The van der Waals surface area contributed by atoms with Gasteiger partial charge in [-0.1, -0.05) is 18.2 Å². The van der Waals surface area contributed by atoms with Gasteiger partial charge in [0, 0.05) is 16.6 Å². The van der Waals surface area contributed by atoms with Crippen LogP contribution in [-0.2, 0) is 11.2 Å². The number of anilines is 2. The van der Waals surface area contributed by atoms with Crippen molar-refractivity contribution in [3.8, 4) is 0 Å². The molecule has 1 amide bonds. The molecule has 0 unspecified atom stereocenters. The Morgan fingerprint density at radius 1 is 1.20 bits per heavy atom. The number of halogens is 1. The van der Waals surface area contributed by atoms with Crippen LogP contribution in [0.4, 0.5) is 11.4 Å². The maximum Gasteiger partial charge on any atom is 0.224 e. The lowest BCUT2D eigenvalue weighted by Crippen LogP contribution is -2.12. The van der Waals surface area contributed by atoms with Crippen LogP contribution in [0, 0.1) is 6.92 Å². The van der Waals surface area contributed by atoms with Gasteiger partial charge in [0.05, 0.1) is 5.69 Å². The van der Waals surface area contributed by atoms with Crippen molar-refractivity contribution in [2.24, 2.45) is 0 Å². The summed E-state index contributed by atoms with van der Waals surface area (Å²) in [4.78, 5) is 11.9. The number of aryl methyl sites for hydroxylation is 2. The molecule has 0 saturated carbocycles. The first-order valence-electron chi connectivity index (χ1n) is 6.45. The molecule has 2 aromatic carbocycles. The predicted octanol–water partition coefficient (Wildman–Crippen LogP) is 3.91. The zero-order valence-electron chi connectivity index (χ0n) is 11.3. The molecule has 0 saturated heterocycles. The van der Waals surface area contributed by atoms with Crippen LogP contribution in [0.2, 0.25) is 0 Å². The van der Waals surface area contributed by atoms with E-state index in [9.17, 15) is 4.79 Å². The molecule has 0 aliphatic rings. The van der Waals surface area contributed by atoms with Gasteiger partial charge in [-0.25, -0.2) is 0 Å². The van der Waals surface area contributed by atoms with Crippen molar-refractivity contribution in [3.05, 3.63) is 58.1 Å². The smallest absolute Gasteiger partial charge is 0.224 e. The third-order valence-corrected chi connectivity index (χ3v) is 3.68. The Kier molecular flexibility index (Phi) is 4.79. The Morgan fingerprint density at radius 2 is 1.90 bits per heavy atom. The maximum atomic E-state index is 11.9. The largest absolute Gasteiger partial charge is 0.399 e. The van der Waals surface area contributed by atoms with Gasteiger partial charge < -0.3 is 11.1 Å². The lowest BCUT2D eigenvalue weighted by atomic mass is 10.1. The fraction of sp³-hybridized carbons (Fsp3) is 0.188. The summed E-state index contributed by atoms with van der Waals surface area (Å²) in [5.74, 6) is 0.00591. The van der Waals surface area contributed by atoms with Crippen LogP contribution in [0.15, 0.2) is 46.9 Å². The van der Waals surface area contributed by atoms with Gasteiger partial charge in [0.15, 0.2) is 0 Å². The lowest BCUT2D eigenvalue weighted by molar-refractivity contribution is -0.116. The van der Waals surface area contributed by atoms with Crippen molar-refractivity contribution in [1.82, 2.24) is 0 Å². The van der Waals surface area contributed by atoms with E-state index < -0.39 is 0 Å². The summed E-state index contributed by atoms with van der Waals surface area (Å²) in [5, 5.41) is 2.91. The fourth-order valence-corrected chi connectivity index (χ4v) is 2.47. The molecule has 0 spiro atoms. The second-order valence-corrected chi connectivity index (χ2v) is 5.63. The number of nitrogens with one attached hydrogen (secondary N) is 1. The first-order chi connectivity index (χ1) is 9.54. The average Bonchev–Trinajstić information content (AvgIpc) is 2.41. The normalized spacial score (nSPS) is 10.3. The van der Waals surface area contributed by atoms with Crippen molar-refractivity contribution >= 4 is 33.2 Å². The van der Waals surface area contributed by atoms with Crippen LogP contribution in [0.3, 0.4) is 0 Å². The first-order valence-corrected chi connectivity index (χ1v) is 7.24. The van der Waals surface area contributed by atoms with Crippen molar-refractivity contribution in [2.45, 2.75) is 19.8 Å². The van der Waals surface area contributed by atoms with E-state index in [-0.39, 0.29) is 5.91 Å². The molecule has 4 heteroatoms. The zero-order valence-corrected chi connectivity index (χ0v) is 12.9. The van der Waals surface area contributed by atoms with E-state index in [1.807, 2.05) is 49.4 Å². The van der Waals surface area contributed by atoms with E-state index in [0.29, 0.717) is 12.8 Å². The molecule has 0 heterocycles. The number of nitrogens with two attached hydrogens (primary N) is 1. The summed E-state index contributed by atoms with van der Waals surface area (Å²) >= 11 is 3.45. The monoisotopic (exact) mass is 332 g/mol. The molecule has 3 nitrogen and oxygen atoms in total. The molecule has 104 valence electrons. The summed E-state index contributed by atoms with van der Waals surface area (Å²) in [6.07, 6.45) is 1.15. The first kappa shape index (κ1) is 14.6. The maximum absolute atomic E-state index is 11.9. The van der Waals surface area contributed by atoms with Crippen LogP contribution < -0.4 is 11.1 Å². The van der Waals surface area contributed by atoms with Gasteiger partial charge >= 0.3 is 0 Å². The number of hydrogen-bond donors (Lipinski definition) is 2. The van der Waals surface area contributed by atoms with Crippen LogP contribution in [-0.4, -0.2) is 5.91 Å². The minimum atomic E-state index is 0.00591. The molecule has 20 heavy (non-hydrogen) atoms. The number of nitrogen functional groups attached to an aromatic ring is 1. The highest BCUT2D eigenvalue weighted by Crippen LogP contribution is 2.23. The van der Waals surface area contributed by atoms with Crippen LogP contribution in [0.25, 0.3) is 0 Å². The van der Waals surface area contributed by atoms with Crippen molar-refractivity contribution < 1.29 is 4.79 Å². The number of benzene rings is 2. The summed E-state index contributed by atoms with van der Waals surface area (Å²) in [6, 6.07) is 13.5. The quantitative estimate of drug-likeness (QED) is 0.834. The van der Waals surface area contributed by atoms with Gasteiger partial charge in [-0.15, -0.1) is 0 Å². The number of carbonyl (C=O) groups excluding carboxylic acids is 1. The molecule has 2 aromatic rings. The molecule has 0 radical (unpaired) electrons. The Labute approximate surface area is 127 Å². The Bertz CT molecular complexity index is 608. The van der Waals surface area contributed by atoms with Crippen LogP contribution >= 0.6 is 15.9 Å². The van der Waals surface area contributed by atoms with Gasteiger partial charge in [0.2, 0.25) is 5.91 Å². The van der Waals surface area contributed by atoms with Gasteiger partial charge in [0.25, 0.3) is 0 Å². The summed E-state index contributed by atoms with van der Waals surface area (Å²) < 4.78 is 0.901. The second-order valence-electron chi connectivity index (χ2n) is 4.77. The Hall–Kier alpha value is -1.81. The SMILES string of the molecule is Cc1ccc(NC(=O)CCc2ccc(N)cc2)c(Br)c1. The molecule has 0 bridgehead atoms. The Balaban J connectivity index is 1.90. The van der Waals surface area contributed by atoms with Gasteiger partial charge in [-0.3, -0.25) is 4.79 Å². The molecule has 0 atom stereocenters. The van der Waals surface area contributed by atoms with Crippen molar-refractivity contribution in [3.63, 3.8) is 0 Å². The van der Waals surface area contributed by atoms with E-state index in [0.717, 1.165) is 27.0 Å². The van der Waals surface area contributed by atoms with Gasteiger partial charge in [-0.2, -0.15) is 0 Å². The van der Waals surface area contributed by atoms with Gasteiger partial charge in [0.1, 0.15) is 0 Å². The number of rotatable bonds is 4. The number of amides is 1. The van der Waals surface area contributed by atoms with Crippen LogP contribution in [0.1, 0.15) is 17.5 Å². The predicted molar refractivity (Wildman–Crippen MR) is 86.7 cm³/mol. The minimum absolute atomic E-state index is 0.00591. The Morgan fingerprint density at radius 3 is 2.55 bits per heavy atom. The fourth-order valence-electron chi connectivity index (χ4n) is 1.88. The third kappa shape index (κ3) is 4.10. The molecule has 3 N–H and O–H groups in total. The molecule has 0 aliphatic heterocycles. The highest BCUT2D eigenvalue weighted by atomic mass is 79.9. The average molecular weight is 333 g/mol. The number of carbonyl (C=O) groups is 1. The summed E-state index contributed by atoms with van der Waals surface area (Å²) in [6.45, 7) is 2.01. The van der Waals surface area contributed by atoms with E-state index in [2.05, 4.69) is 21.2 Å². The summed E-state index contributed by atoms with van der Waals surface area (Å²) in [5.41, 5.74) is 9.43. The highest BCUT2D eigenvalue weighted by Gasteiger charge is 2.06. The minimum Gasteiger partial charge on any atom is -0.399 e. The van der Waals surface area contributed by atoms with E-state index in [1.165, 1.54) is 0 Å². The third-order valence-electron chi connectivity index (χ3n) is 3.02. The molecule has 2 rings (SSSR count). The van der Waals surface area contributed by atoms with Crippen LogP contribution in [0.5, 0.6) is 0 Å². The molecular formula is C16H17BrN2O. The molecular weight excluding hydrogens is 316 g/mol. The van der Waals surface area contributed by atoms with Crippen molar-refractivity contribution in [2.75, 3.05) is 11.1 Å². The standard InChI is InChI=1S/C16H17BrN2O/c1-11-2-8-15(14(17)10-11)19-16(20)9-5-12-3-6-13(18)7-4-12/h2-4,6-8,10H,5,9,18H2,1H3,(H,19,20). The molecule has 0 fully saturated rings. The van der Waals surface area contributed by atoms with Crippen molar-refractivity contribution in [1.29, 1.82) is 0 Å². The second kappa shape index (κ2) is 6.57.